The number of hydrogen-bond acceptors (Lipinski definition) is 3. The van der Waals surface area contributed by atoms with Gasteiger partial charge < -0.3 is 5.32 Å². The number of hydrogen-bond donors (Lipinski definition) is 3. The molecule has 0 saturated heterocycles. The zero-order chi connectivity index (χ0) is 18.8. The third-order valence-corrected chi connectivity index (χ3v) is 3.43. The average molecular weight is 351 g/mol. The molecule has 0 saturated carbocycles. The van der Waals surface area contributed by atoms with Gasteiger partial charge in [0.05, 0.1) is 0 Å². The topological polar surface area (TPSA) is 87.3 Å². The molecular weight excluding hydrogens is 330 g/mol. The van der Waals surface area contributed by atoms with Crippen LogP contribution in [0, 0.1) is 0 Å². The third kappa shape index (κ3) is 6.24. The fraction of sp³-hybridized carbons (Fsp3) is 0.150. The highest BCUT2D eigenvalue weighted by molar-refractivity contribution is 5.98. The molecule has 0 heterocycles. The SMILES string of the molecule is CCCC(=O)Nc1ccc(C(=O)NNC(=O)C=Cc2ccccc2)cc1. The fourth-order valence-corrected chi connectivity index (χ4v) is 2.12. The molecule has 6 nitrogen and oxygen atoms in total. The molecule has 6 heteroatoms. The molecule has 134 valence electrons. The van der Waals surface area contributed by atoms with E-state index in [0.717, 1.165) is 12.0 Å². The number of nitrogens with one attached hydrogen (secondary N) is 3. The first kappa shape index (κ1) is 18.9. The molecule has 2 aromatic carbocycles. The lowest BCUT2D eigenvalue weighted by atomic mass is 10.2. The molecule has 0 aliphatic heterocycles. The Labute approximate surface area is 152 Å². The summed E-state index contributed by atoms with van der Waals surface area (Å²) in [5.41, 5.74) is 6.53. The van der Waals surface area contributed by atoms with Gasteiger partial charge in [0.15, 0.2) is 0 Å². The normalized spacial score (nSPS) is 10.3. The van der Waals surface area contributed by atoms with E-state index in [1.807, 2.05) is 37.3 Å². The number of carbonyl (C=O) groups excluding carboxylic acids is 3. The van der Waals surface area contributed by atoms with Gasteiger partial charge in [0, 0.05) is 23.7 Å². The Hall–Kier alpha value is -3.41. The highest BCUT2D eigenvalue weighted by Gasteiger charge is 2.07. The van der Waals surface area contributed by atoms with Crippen molar-refractivity contribution < 1.29 is 14.4 Å². The van der Waals surface area contributed by atoms with Gasteiger partial charge in [0.1, 0.15) is 0 Å². The van der Waals surface area contributed by atoms with Crippen molar-refractivity contribution in [3.63, 3.8) is 0 Å². The summed E-state index contributed by atoms with van der Waals surface area (Å²) in [6.45, 7) is 1.93. The Morgan fingerprint density at radius 3 is 2.27 bits per heavy atom. The van der Waals surface area contributed by atoms with Crippen molar-refractivity contribution in [1.82, 2.24) is 10.9 Å². The van der Waals surface area contributed by atoms with E-state index < -0.39 is 11.8 Å². The number of rotatable bonds is 6. The maximum atomic E-state index is 12.0. The monoisotopic (exact) mass is 351 g/mol. The number of carbonyl (C=O) groups is 3. The number of benzene rings is 2. The summed E-state index contributed by atoms with van der Waals surface area (Å²) in [4.78, 5) is 35.3. The molecule has 0 bridgehead atoms. The van der Waals surface area contributed by atoms with Crippen molar-refractivity contribution in [2.75, 3.05) is 5.32 Å². The molecule has 26 heavy (non-hydrogen) atoms. The zero-order valence-electron chi connectivity index (χ0n) is 14.5. The van der Waals surface area contributed by atoms with Crippen LogP contribution < -0.4 is 16.2 Å². The van der Waals surface area contributed by atoms with Crippen molar-refractivity contribution >= 4 is 29.5 Å². The van der Waals surface area contributed by atoms with Crippen LogP contribution in [0.1, 0.15) is 35.7 Å². The van der Waals surface area contributed by atoms with Gasteiger partial charge in [-0.25, -0.2) is 0 Å². The van der Waals surface area contributed by atoms with Crippen LogP contribution in [0.5, 0.6) is 0 Å². The minimum atomic E-state index is -0.446. The highest BCUT2D eigenvalue weighted by atomic mass is 16.2. The third-order valence-electron chi connectivity index (χ3n) is 3.43. The summed E-state index contributed by atoms with van der Waals surface area (Å²) < 4.78 is 0. The van der Waals surface area contributed by atoms with Crippen LogP contribution in [0.15, 0.2) is 60.7 Å². The van der Waals surface area contributed by atoms with E-state index in [1.54, 1.807) is 30.3 Å². The van der Waals surface area contributed by atoms with Gasteiger partial charge in [-0.1, -0.05) is 37.3 Å². The van der Waals surface area contributed by atoms with E-state index in [-0.39, 0.29) is 5.91 Å². The maximum absolute atomic E-state index is 12.0. The molecule has 0 radical (unpaired) electrons. The van der Waals surface area contributed by atoms with Gasteiger partial charge >= 0.3 is 0 Å². The lowest BCUT2D eigenvalue weighted by molar-refractivity contribution is -0.117. The predicted octanol–water partition coefficient (Wildman–Crippen LogP) is 2.90. The standard InChI is InChI=1S/C20H21N3O3/c1-2-6-18(24)21-17-12-10-16(11-13-17)20(26)23-22-19(25)14-9-15-7-4-3-5-8-15/h3-5,7-14H,2,6H2,1H3,(H,21,24)(H,22,25)(H,23,26). The number of hydrazine groups is 1. The van der Waals surface area contributed by atoms with Crippen LogP contribution in [0.4, 0.5) is 5.69 Å². The van der Waals surface area contributed by atoms with Gasteiger partial charge in [-0.3, -0.25) is 25.2 Å². The molecule has 0 aliphatic carbocycles. The quantitative estimate of drug-likeness (QED) is 0.552. The molecule has 3 amide bonds. The van der Waals surface area contributed by atoms with Crippen molar-refractivity contribution in [3.05, 3.63) is 71.8 Å². The molecule has 3 N–H and O–H groups in total. The molecule has 2 aromatic rings. The van der Waals surface area contributed by atoms with E-state index in [1.165, 1.54) is 6.08 Å². The highest BCUT2D eigenvalue weighted by Crippen LogP contribution is 2.10. The van der Waals surface area contributed by atoms with Gasteiger partial charge in [-0.2, -0.15) is 0 Å². The maximum Gasteiger partial charge on any atom is 0.269 e. The number of amides is 3. The molecule has 2 rings (SSSR count). The second-order valence-electron chi connectivity index (χ2n) is 5.56. The molecule has 0 unspecified atom stereocenters. The first-order valence-electron chi connectivity index (χ1n) is 8.32. The van der Waals surface area contributed by atoms with Gasteiger partial charge in [0.2, 0.25) is 5.91 Å². The van der Waals surface area contributed by atoms with E-state index >= 15 is 0 Å². The number of anilines is 1. The lowest BCUT2D eigenvalue weighted by Gasteiger charge is -2.07. The summed E-state index contributed by atoms with van der Waals surface area (Å²) in [6, 6.07) is 15.8. The van der Waals surface area contributed by atoms with Gasteiger partial charge in [-0.15, -0.1) is 0 Å². The summed E-state index contributed by atoms with van der Waals surface area (Å²) in [7, 11) is 0. The summed E-state index contributed by atoms with van der Waals surface area (Å²) in [5, 5.41) is 2.74. The first-order valence-corrected chi connectivity index (χ1v) is 8.32. The van der Waals surface area contributed by atoms with E-state index in [2.05, 4.69) is 16.2 Å². The molecule has 0 atom stereocenters. The second-order valence-corrected chi connectivity index (χ2v) is 5.56. The van der Waals surface area contributed by atoms with Crippen LogP contribution >= 0.6 is 0 Å². The van der Waals surface area contributed by atoms with Crippen LogP contribution in [-0.4, -0.2) is 17.7 Å². The molecule has 0 fully saturated rings. The minimum absolute atomic E-state index is 0.0674. The first-order chi connectivity index (χ1) is 12.6. The fourth-order valence-electron chi connectivity index (χ4n) is 2.12. The predicted molar refractivity (Wildman–Crippen MR) is 101 cm³/mol. The van der Waals surface area contributed by atoms with Crippen LogP contribution in [0.25, 0.3) is 6.08 Å². The Balaban J connectivity index is 1.82. The molecule has 0 aromatic heterocycles. The van der Waals surface area contributed by atoms with E-state index in [4.69, 9.17) is 0 Å². The van der Waals surface area contributed by atoms with Crippen LogP contribution in [0.3, 0.4) is 0 Å². The zero-order valence-corrected chi connectivity index (χ0v) is 14.5. The summed E-state index contributed by atoms with van der Waals surface area (Å²) in [5.74, 6) is -0.953. The van der Waals surface area contributed by atoms with Gasteiger partial charge in [0.25, 0.3) is 11.8 Å². The second kappa shape index (κ2) is 9.78. The Morgan fingerprint density at radius 2 is 1.62 bits per heavy atom. The van der Waals surface area contributed by atoms with Gasteiger partial charge in [-0.05, 0) is 42.3 Å². The van der Waals surface area contributed by atoms with Crippen molar-refractivity contribution in [2.45, 2.75) is 19.8 Å². The lowest BCUT2D eigenvalue weighted by Crippen LogP contribution is -2.40. The van der Waals surface area contributed by atoms with Crippen LogP contribution in [0.2, 0.25) is 0 Å². The van der Waals surface area contributed by atoms with Crippen molar-refractivity contribution in [2.24, 2.45) is 0 Å². The Bertz CT molecular complexity index is 784. The summed E-state index contributed by atoms with van der Waals surface area (Å²) in [6.07, 6.45) is 4.20. The van der Waals surface area contributed by atoms with E-state index in [9.17, 15) is 14.4 Å². The molecule has 0 aliphatic rings. The molecule has 0 spiro atoms. The summed E-state index contributed by atoms with van der Waals surface area (Å²) >= 11 is 0. The Morgan fingerprint density at radius 1 is 0.923 bits per heavy atom. The average Bonchev–Trinajstić information content (AvgIpc) is 2.66. The smallest absolute Gasteiger partial charge is 0.269 e. The largest absolute Gasteiger partial charge is 0.326 e. The van der Waals surface area contributed by atoms with Crippen LogP contribution in [-0.2, 0) is 9.59 Å². The molecular formula is C20H21N3O3. The van der Waals surface area contributed by atoms with Crippen molar-refractivity contribution in [3.8, 4) is 0 Å². The minimum Gasteiger partial charge on any atom is -0.326 e. The Kier molecular flexibility index (Phi) is 7.12. The van der Waals surface area contributed by atoms with Crippen molar-refractivity contribution in [1.29, 1.82) is 0 Å². The van der Waals surface area contributed by atoms with E-state index in [0.29, 0.717) is 17.7 Å².